The lowest BCUT2D eigenvalue weighted by atomic mass is 9.95. The number of methoxy groups -OCH3 is 2. The molecule has 4 aromatic rings. The summed E-state index contributed by atoms with van der Waals surface area (Å²) in [5, 5.41) is 12.7. The van der Waals surface area contributed by atoms with Crippen molar-refractivity contribution in [2.45, 2.75) is 6.04 Å². The molecule has 1 aliphatic rings. The van der Waals surface area contributed by atoms with E-state index in [0.717, 1.165) is 27.8 Å². The van der Waals surface area contributed by atoms with E-state index >= 15 is 0 Å². The highest BCUT2D eigenvalue weighted by Gasteiger charge is 2.31. The molecule has 2 aromatic carbocycles. The summed E-state index contributed by atoms with van der Waals surface area (Å²) in [5.74, 6) is 0.757. The Kier molecular flexibility index (Phi) is 4.06. The maximum atomic E-state index is 12.2. The largest absolute Gasteiger partial charge is 0.497 e. The number of aromatic nitrogens is 3. The van der Waals surface area contributed by atoms with Crippen LogP contribution in [0.15, 0.2) is 48.7 Å². The molecule has 0 fully saturated rings. The zero-order chi connectivity index (χ0) is 20.8. The third kappa shape index (κ3) is 2.57. The average Bonchev–Trinajstić information content (AvgIpc) is 3.14. The molecule has 2 aromatic heterocycles. The van der Waals surface area contributed by atoms with Crippen LogP contribution in [0.25, 0.3) is 22.2 Å². The van der Waals surface area contributed by atoms with Crippen LogP contribution in [0.5, 0.6) is 11.5 Å². The van der Waals surface area contributed by atoms with Crippen molar-refractivity contribution in [2.75, 3.05) is 19.5 Å². The zero-order valence-corrected chi connectivity index (χ0v) is 16.4. The Balaban J connectivity index is 1.85. The summed E-state index contributed by atoms with van der Waals surface area (Å²) in [6.45, 7) is 0. The van der Waals surface area contributed by atoms with Gasteiger partial charge >= 0.3 is 0 Å². The van der Waals surface area contributed by atoms with E-state index in [2.05, 4.69) is 20.5 Å². The molecule has 0 saturated carbocycles. The number of nitrogens with two attached hydrogens (primary N) is 1. The number of para-hydroxylation sites is 1. The summed E-state index contributed by atoms with van der Waals surface area (Å²) < 4.78 is 11.0. The summed E-state index contributed by atoms with van der Waals surface area (Å²) in [6.07, 6.45) is 1.88. The maximum absolute atomic E-state index is 12.2. The Bertz CT molecular complexity index is 1300. The number of fused-ring (bicyclic) bond motifs is 2. The quantitative estimate of drug-likeness (QED) is 0.483. The van der Waals surface area contributed by atoms with E-state index in [-0.39, 0.29) is 11.7 Å². The number of ether oxygens (including phenoxy) is 2. The van der Waals surface area contributed by atoms with Gasteiger partial charge in [0.15, 0.2) is 11.3 Å². The van der Waals surface area contributed by atoms with Crippen molar-refractivity contribution in [3.63, 3.8) is 0 Å². The molecule has 1 aliphatic heterocycles. The van der Waals surface area contributed by atoms with Gasteiger partial charge in [0.2, 0.25) is 0 Å². The Morgan fingerprint density at radius 3 is 2.67 bits per heavy atom. The van der Waals surface area contributed by atoms with Gasteiger partial charge in [-0.1, -0.05) is 18.2 Å². The van der Waals surface area contributed by atoms with E-state index in [9.17, 15) is 4.79 Å². The third-order valence-corrected chi connectivity index (χ3v) is 5.42. The SMILES string of the molecule is COc1ccc(C2Nc3ccccc3-c3c(C(N)=O)nnc4[nH]cc2c34)c(OC)c1. The van der Waals surface area contributed by atoms with Gasteiger partial charge in [-0.15, -0.1) is 10.2 Å². The minimum Gasteiger partial charge on any atom is -0.497 e. The highest BCUT2D eigenvalue weighted by molar-refractivity contribution is 6.10. The molecule has 1 amide bonds. The highest BCUT2D eigenvalue weighted by Crippen LogP contribution is 2.46. The molecule has 1 atom stereocenters. The standard InChI is InChI=1S/C22H19N5O3/c1-29-11-7-8-13(16(9-11)30-2)19-14-10-24-22-18(14)17(20(21(23)28)26-27-22)12-5-3-4-6-15(12)25-19/h3-10,19,25H,1-2H3,(H2,23,28)(H,24,27). The minimum absolute atomic E-state index is 0.139. The molecule has 0 radical (unpaired) electrons. The molecule has 8 nitrogen and oxygen atoms in total. The number of hydrogen-bond donors (Lipinski definition) is 3. The van der Waals surface area contributed by atoms with Gasteiger partial charge in [-0.2, -0.15) is 0 Å². The molecule has 0 aliphatic carbocycles. The lowest BCUT2D eigenvalue weighted by Gasteiger charge is -2.22. The molecular formula is C22H19N5O3. The second-order valence-electron chi connectivity index (χ2n) is 6.99. The first-order chi connectivity index (χ1) is 14.6. The average molecular weight is 401 g/mol. The number of nitrogens with zero attached hydrogens (tertiary/aromatic N) is 2. The summed E-state index contributed by atoms with van der Waals surface area (Å²) in [4.78, 5) is 15.4. The Hall–Kier alpha value is -4.07. The van der Waals surface area contributed by atoms with Crippen LogP contribution >= 0.6 is 0 Å². The normalized spacial score (nSPS) is 14.5. The molecule has 3 heterocycles. The number of amides is 1. The highest BCUT2D eigenvalue weighted by atomic mass is 16.5. The monoisotopic (exact) mass is 401 g/mol. The van der Waals surface area contributed by atoms with E-state index in [1.807, 2.05) is 48.7 Å². The fraction of sp³-hybridized carbons (Fsp3) is 0.136. The van der Waals surface area contributed by atoms with Gasteiger partial charge in [0.25, 0.3) is 5.91 Å². The number of primary amides is 1. The van der Waals surface area contributed by atoms with Gasteiger partial charge in [-0.25, -0.2) is 0 Å². The van der Waals surface area contributed by atoms with Gasteiger partial charge in [0, 0.05) is 45.6 Å². The van der Waals surface area contributed by atoms with Crippen molar-refractivity contribution in [3.05, 3.63) is 65.5 Å². The molecule has 0 saturated heterocycles. The number of rotatable bonds is 4. The van der Waals surface area contributed by atoms with Crippen molar-refractivity contribution in [2.24, 2.45) is 5.73 Å². The van der Waals surface area contributed by atoms with Crippen LogP contribution in [0.4, 0.5) is 5.69 Å². The summed E-state index contributed by atoms with van der Waals surface area (Å²) in [6, 6.07) is 13.2. The number of hydrogen-bond acceptors (Lipinski definition) is 6. The van der Waals surface area contributed by atoms with Gasteiger partial charge in [-0.3, -0.25) is 4.79 Å². The first-order valence-corrected chi connectivity index (χ1v) is 9.37. The topological polar surface area (TPSA) is 115 Å². The fourth-order valence-electron chi connectivity index (χ4n) is 4.06. The first kappa shape index (κ1) is 18.0. The van der Waals surface area contributed by atoms with Gasteiger partial charge in [0.05, 0.1) is 20.3 Å². The predicted molar refractivity (Wildman–Crippen MR) is 113 cm³/mol. The number of carbonyl (C=O) groups is 1. The van der Waals surface area contributed by atoms with Crippen LogP contribution in [-0.4, -0.2) is 35.3 Å². The van der Waals surface area contributed by atoms with Crippen LogP contribution < -0.4 is 20.5 Å². The van der Waals surface area contributed by atoms with Crippen molar-refractivity contribution < 1.29 is 14.3 Å². The summed E-state index contributed by atoms with van der Waals surface area (Å²) in [5.41, 5.74) is 10.6. The number of anilines is 1. The second kappa shape index (κ2) is 6.77. The smallest absolute Gasteiger partial charge is 0.269 e. The molecule has 30 heavy (non-hydrogen) atoms. The number of carbonyl (C=O) groups excluding carboxylic acids is 1. The summed E-state index contributed by atoms with van der Waals surface area (Å²) >= 11 is 0. The van der Waals surface area contributed by atoms with Crippen molar-refractivity contribution >= 4 is 22.6 Å². The van der Waals surface area contributed by atoms with Crippen molar-refractivity contribution in [1.29, 1.82) is 0 Å². The lowest BCUT2D eigenvalue weighted by molar-refractivity contribution is 0.0995. The Labute approximate surface area is 172 Å². The second-order valence-corrected chi connectivity index (χ2v) is 6.99. The van der Waals surface area contributed by atoms with Crippen LogP contribution in [0.3, 0.4) is 0 Å². The first-order valence-electron chi connectivity index (χ1n) is 9.37. The van der Waals surface area contributed by atoms with Crippen LogP contribution in [0.1, 0.15) is 27.7 Å². The number of nitrogens with one attached hydrogen (secondary N) is 2. The Morgan fingerprint density at radius 1 is 1.07 bits per heavy atom. The fourth-order valence-corrected chi connectivity index (χ4v) is 4.06. The zero-order valence-electron chi connectivity index (χ0n) is 16.4. The Morgan fingerprint density at radius 2 is 1.90 bits per heavy atom. The van der Waals surface area contributed by atoms with E-state index in [0.29, 0.717) is 22.7 Å². The molecule has 0 bridgehead atoms. The van der Waals surface area contributed by atoms with Crippen LogP contribution in [0, 0.1) is 0 Å². The van der Waals surface area contributed by atoms with Gasteiger partial charge < -0.3 is 25.5 Å². The molecule has 4 N–H and O–H groups in total. The van der Waals surface area contributed by atoms with Crippen LogP contribution in [-0.2, 0) is 0 Å². The molecule has 1 unspecified atom stereocenters. The predicted octanol–water partition coefficient (Wildman–Crippen LogP) is 3.26. The van der Waals surface area contributed by atoms with E-state index in [1.54, 1.807) is 14.2 Å². The number of benzene rings is 2. The van der Waals surface area contributed by atoms with E-state index in [1.165, 1.54) is 0 Å². The third-order valence-electron chi connectivity index (χ3n) is 5.42. The molecule has 8 heteroatoms. The summed E-state index contributed by atoms with van der Waals surface area (Å²) in [7, 11) is 3.24. The molecule has 0 spiro atoms. The van der Waals surface area contributed by atoms with Gasteiger partial charge in [-0.05, 0) is 18.2 Å². The van der Waals surface area contributed by atoms with Crippen LogP contribution in [0.2, 0.25) is 0 Å². The van der Waals surface area contributed by atoms with E-state index in [4.69, 9.17) is 15.2 Å². The van der Waals surface area contributed by atoms with E-state index < -0.39 is 5.91 Å². The van der Waals surface area contributed by atoms with Crippen molar-refractivity contribution in [3.8, 4) is 22.6 Å². The number of H-pyrrole nitrogens is 1. The lowest BCUT2D eigenvalue weighted by Crippen LogP contribution is -2.15. The molecule has 5 rings (SSSR count). The molecular weight excluding hydrogens is 382 g/mol. The van der Waals surface area contributed by atoms with Crippen molar-refractivity contribution in [1.82, 2.24) is 15.2 Å². The number of aromatic amines is 1. The molecule has 150 valence electrons. The van der Waals surface area contributed by atoms with Gasteiger partial charge in [0.1, 0.15) is 11.5 Å². The minimum atomic E-state index is -0.623. The maximum Gasteiger partial charge on any atom is 0.269 e.